The molecule has 176 valence electrons. The molecule has 1 atom stereocenters. The number of nitrogens with two attached hydrogens (primary N) is 1. The van der Waals surface area contributed by atoms with Gasteiger partial charge in [-0.1, -0.05) is 48.5 Å². The Labute approximate surface area is 196 Å². The highest BCUT2D eigenvalue weighted by Gasteiger charge is 2.32. The first kappa shape index (κ1) is 23.4. The van der Waals surface area contributed by atoms with Crippen LogP contribution in [0, 0.1) is 0 Å². The van der Waals surface area contributed by atoms with Crippen molar-refractivity contribution in [2.24, 2.45) is 5.73 Å². The van der Waals surface area contributed by atoms with Crippen molar-refractivity contribution in [3.8, 4) is 5.75 Å². The van der Waals surface area contributed by atoms with E-state index in [9.17, 15) is 13.2 Å². The van der Waals surface area contributed by atoms with Crippen LogP contribution in [0.5, 0.6) is 5.75 Å². The fourth-order valence-electron chi connectivity index (χ4n) is 3.80. The van der Waals surface area contributed by atoms with Gasteiger partial charge in [0.25, 0.3) is 0 Å². The van der Waals surface area contributed by atoms with E-state index >= 15 is 0 Å². The maximum Gasteiger partial charge on any atom is 0.573 e. The molecular formula is C26H25F3N4O. The highest BCUT2D eigenvalue weighted by Crippen LogP contribution is 2.31. The van der Waals surface area contributed by atoms with Crippen molar-refractivity contribution in [2.75, 3.05) is 24.3 Å². The standard InChI is InChI=1S/C26H25F3N4O/c1-33(2)23-16-25(32-22-9-5-4-8-20(22)23)31-19-13-11-17(12-14-19)21(30)15-18-7-3-6-10-24(18)34-26(27,28)29/h3-14,16,21H,15,30H2,1-2H3,(H,31,32). The monoisotopic (exact) mass is 466 g/mol. The molecule has 4 rings (SSSR count). The molecule has 0 aliphatic carbocycles. The second-order valence-electron chi connectivity index (χ2n) is 8.15. The Morgan fingerprint density at radius 3 is 2.35 bits per heavy atom. The number of fused-ring (bicyclic) bond motifs is 1. The number of rotatable bonds is 7. The Morgan fingerprint density at radius 2 is 1.65 bits per heavy atom. The first-order valence-electron chi connectivity index (χ1n) is 10.7. The number of pyridine rings is 1. The molecule has 0 aliphatic heterocycles. The second kappa shape index (κ2) is 9.61. The third kappa shape index (κ3) is 5.58. The quantitative estimate of drug-likeness (QED) is 0.340. The van der Waals surface area contributed by atoms with Crippen molar-refractivity contribution in [2.45, 2.75) is 18.8 Å². The van der Waals surface area contributed by atoms with Gasteiger partial charge in [0.1, 0.15) is 11.6 Å². The molecule has 0 aliphatic rings. The van der Waals surface area contributed by atoms with E-state index in [2.05, 4.69) is 10.1 Å². The Bertz CT molecular complexity index is 1270. The number of halogens is 3. The lowest BCUT2D eigenvalue weighted by Crippen LogP contribution is -2.19. The number of nitrogens with one attached hydrogen (secondary N) is 1. The van der Waals surface area contributed by atoms with E-state index in [1.165, 1.54) is 12.1 Å². The molecule has 0 amide bonds. The van der Waals surface area contributed by atoms with E-state index in [0.29, 0.717) is 11.4 Å². The number of aromatic nitrogens is 1. The molecule has 3 aromatic carbocycles. The third-order valence-corrected chi connectivity index (χ3v) is 5.43. The molecule has 1 heterocycles. The van der Waals surface area contributed by atoms with E-state index in [-0.39, 0.29) is 12.2 Å². The summed E-state index contributed by atoms with van der Waals surface area (Å²) in [6.07, 6.45) is -4.55. The Kier molecular flexibility index (Phi) is 6.61. The number of anilines is 3. The normalized spacial score (nSPS) is 12.4. The zero-order valence-electron chi connectivity index (χ0n) is 18.8. The summed E-state index contributed by atoms with van der Waals surface area (Å²) in [7, 11) is 3.97. The average molecular weight is 467 g/mol. The molecule has 8 heteroatoms. The minimum Gasteiger partial charge on any atom is -0.406 e. The van der Waals surface area contributed by atoms with Crippen molar-refractivity contribution >= 4 is 28.1 Å². The van der Waals surface area contributed by atoms with Crippen LogP contribution in [0.15, 0.2) is 78.9 Å². The predicted octanol–water partition coefficient (Wildman–Crippen LogP) is 6.19. The fourth-order valence-corrected chi connectivity index (χ4v) is 3.80. The summed E-state index contributed by atoms with van der Waals surface area (Å²) in [4.78, 5) is 6.74. The number of para-hydroxylation sites is 2. The lowest BCUT2D eigenvalue weighted by atomic mass is 9.99. The zero-order chi connectivity index (χ0) is 24.3. The summed E-state index contributed by atoms with van der Waals surface area (Å²) in [5.74, 6) is 0.473. The number of hydrogen-bond donors (Lipinski definition) is 2. The maximum absolute atomic E-state index is 12.7. The smallest absolute Gasteiger partial charge is 0.406 e. The van der Waals surface area contributed by atoms with E-state index < -0.39 is 12.4 Å². The maximum atomic E-state index is 12.7. The molecule has 5 nitrogen and oxygen atoms in total. The Balaban J connectivity index is 1.50. The van der Waals surface area contributed by atoms with Crippen molar-refractivity contribution in [3.63, 3.8) is 0 Å². The van der Waals surface area contributed by atoms with Crippen LogP contribution >= 0.6 is 0 Å². The van der Waals surface area contributed by atoms with Crippen molar-refractivity contribution in [1.82, 2.24) is 4.98 Å². The van der Waals surface area contributed by atoms with Gasteiger partial charge in [-0.2, -0.15) is 0 Å². The van der Waals surface area contributed by atoms with Crippen LogP contribution < -0.4 is 20.7 Å². The van der Waals surface area contributed by atoms with Crippen LogP contribution in [0.4, 0.5) is 30.4 Å². The van der Waals surface area contributed by atoms with Crippen molar-refractivity contribution < 1.29 is 17.9 Å². The third-order valence-electron chi connectivity index (χ3n) is 5.43. The average Bonchev–Trinajstić information content (AvgIpc) is 2.79. The van der Waals surface area contributed by atoms with Crippen LogP contribution in [0.3, 0.4) is 0 Å². The molecule has 0 fully saturated rings. The first-order valence-corrected chi connectivity index (χ1v) is 10.7. The number of hydrogen-bond acceptors (Lipinski definition) is 5. The van der Waals surface area contributed by atoms with Gasteiger partial charge in [0, 0.05) is 43.0 Å². The first-order chi connectivity index (χ1) is 16.2. The second-order valence-corrected chi connectivity index (χ2v) is 8.15. The van der Waals surface area contributed by atoms with E-state index in [1.54, 1.807) is 12.1 Å². The van der Waals surface area contributed by atoms with Gasteiger partial charge in [0.15, 0.2) is 0 Å². The van der Waals surface area contributed by atoms with Crippen LogP contribution in [0.25, 0.3) is 10.9 Å². The summed E-state index contributed by atoms with van der Waals surface area (Å²) in [5.41, 5.74) is 10.3. The molecule has 0 radical (unpaired) electrons. The van der Waals surface area contributed by atoms with E-state index in [0.717, 1.165) is 27.8 Å². The number of benzene rings is 3. The van der Waals surface area contributed by atoms with Gasteiger partial charge < -0.3 is 20.7 Å². The summed E-state index contributed by atoms with van der Waals surface area (Å²) < 4.78 is 42.2. The molecule has 0 bridgehead atoms. The highest BCUT2D eigenvalue weighted by molar-refractivity contribution is 5.93. The molecule has 1 unspecified atom stereocenters. The molecule has 0 spiro atoms. The van der Waals surface area contributed by atoms with Gasteiger partial charge in [0.05, 0.1) is 5.52 Å². The van der Waals surface area contributed by atoms with Crippen molar-refractivity contribution in [1.29, 1.82) is 0 Å². The van der Waals surface area contributed by atoms with Crippen LogP contribution in [-0.4, -0.2) is 25.4 Å². The molecular weight excluding hydrogens is 441 g/mol. The lowest BCUT2D eigenvalue weighted by molar-refractivity contribution is -0.274. The molecule has 0 saturated heterocycles. The van der Waals surface area contributed by atoms with E-state index in [4.69, 9.17) is 10.7 Å². The summed E-state index contributed by atoms with van der Waals surface area (Å²) in [5, 5.41) is 4.38. The molecule has 4 aromatic rings. The predicted molar refractivity (Wildman–Crippen MR) is 130 cm³/mol. The zero-order valence-corrected chi connectivity index (χ0v) is 18.8. The van der Waals surface area contributed by atoms with Gasteiger partial charge in [0.2, 0.25) is 0 Å². The van der Waals surface area contributed by atoms with Gasteiger partial charge in [-0.05, 0) is 41.8 Å². The number of nitrogens with zero attached hydrogens (tertiary/aromatic N) is 2. The van der Waals surface area contributed by atoms with Gasteiger partial charge in [-0.15, -0.1) is 13.2 Å². The Hall–Kier alpha value is -3.78. The van der Waals surface area contributed by atoms with Crippen LogP contribution in [0.1, 0.15) is 17.2 Å². The summed E-state index contributed by atoms with van der Waals surface area (Å²) in [6.45, 7) is 0. The minimum atomic E-state index is -4.75. The number of alkyl halides is 3. The molecule has 1 aromatic heterocycles. The molecule has 34 heavy (non-hydrogen) atoms. The minimum absolute atomic E-state index is 0.206. The SMILES string of the molecule is CN(C)c1cc(Nc2ccc(C(N)Cc3ccccc3OC(F)(F)F)cc2)nc2ccccc12. The highest BCUT2D eigenvalue weighted by atomic mass is 19.4. The topological polar surface area (TPSA) is 63.4 Å². The summed E-state index contributed by atoms with van der Waals surface area (Å²) >= 11 is 0. The van der Waals surface area contributed by atoms with Crippen LogP contribution in [-0.2, 0) is 6.42 Å². The Morgan fingerprint density at radius 1 is 0.971 bits per heavy atom. The van der Waals surface area contributed by atoms with Crippen molar-refractivity contribution in [3.05, 3.63) is 90.0 Å². The van der Waals surface area contributed by atoms with E-state index in [1.807, 2.05) is 73.6 Å². The molecule has 0 saturated carbocycles. The molecule has 3 N–H and O–H groups in total. The lowest BCUT2D eigenvalue weighted by Gasteiger charge is -2.18. The fraction of sp³-hybridized carbons (Fsp3) is 0.192. The summed E-state index contributed by atoms with van der Waals surface area (Å²) in [6, 6.07) is 22.9. The van der Waals surface area contributed by atoms with Crippen LogP contribution in [0.2, 0.25) is 0 Å². The number of ether oxygens (including phenoxy) is 1. The van der Waals surface area contributed by atoms with Gasteiger partial charge >= 0.3 is 6.36 Å². The van der Waals surface area contributed by atoms with Gasteiger partial charge in [-0.25, -0.2) is 4.98 Å². The van der Waals surface area contributed by atoms with Gasteiger partial charge in [-0.3, -0.25) is 0 Å². The largest absolute Gasteiger partial charge is 0.573 e.